The molecule has 1 saturated carbocycles. The Balaban J connectivity index is 1.57. The number of aliphatic carboxylic acids is 1. The lowest BCUT2D eigenvalue weighted by Gasteiger charge is -2.33. The summed E-state index contributed by atoms with van der Waals surface area (Å²) >= 11 is 0. The number of rotatable bonds is 9. The highest BCUT2D eigenvalue weighted by Gasteiger charge is 2.37. The van der Waals surface area contributed by atoms with E-state index in [-0.39, 0.29) is 42.5 Å². The predicted octanol–water partition coefficient (Wildman–Crippen LogP) is 4.77. The molecule has 1 saturated heterocycles. The standard InChI is InChI=1S/C25H30F5N5O3/c26-24(27)9-4-11-34(15-24)12-8-16(13-21(36)37)32-23(38)19-14-20(35(33-19)17-5-1-2-6-17)22-18(25(28,29)30)7-3-10-31-22/h3,7,10,14,16-17H,1-2,4-6,8-9,11-13,15H2,(H,32,38)(H,36,37)/t16-/m0/s1. The summed E-state index contributed by atoms with van der Waals surface area (Å²) in [6, 6.07) is 2.27. The van der Waals surface area contributed by atoms with Gasteiger partial charge in [-0.1, -0.05) is 12.8 Å². The van der Waals surface area contributed by atoms with E-state index in [0.717, 1.165) is 18.9 Å². The van der Waals surface area contributed by atoms with Gasteiger partial charge in [0, 0.05) is 25.2 Å². The summed E-state index contributed by atoms with van der Waals surface area (Å²) in [5.74, 6) is -4.74. The largest absolute Gasteiger partial charge is 0.481 e. The van der Waals surface area contributed by atoms with Gasteiger partial charge in [0.25, 0.3) is 11.8 Å². The molecule has 8 nitrogen and oxygen atoms in total. The molecular formula is C25H30F5N5O3. The van der Waals surface area contributed by atoms with Gasteiger partial charge in [-0.05, 0) is 50.4 Å². The molecule has 1 aliphatic heterocycles. The Morgan fingerprint density at radius 2 is 1.95 bits per heavy atom. The molecule has 1 atom stereocenters. The Morgan fingerprint density at radius 3 is 2.61 bits per heavy atom. The first-order valence-corrected chi connectivity index (χ1v) is 12.7. The van der Waals surface area contributed by atoms with Gasteiger partial charge >= 0.3 is 12.1 Å². The van der Waals surface area contributed by atoms with Gasteiger partial charge in [-0.2, -0.15) is 18.3 Å². The highest BCUT2D eigenvalue weighted by Crippen LogP contribution is 2.39. The molecular weight excluding hydrogens is 513 g/mol. The first kappa shape index (κ1) is 27.9. The number of carbonyl (C=O) groups excluding carboxylic acids is 1. The molecule has 0 aromatic carbocycles. The van der Waals surface area contributed by atoms with Crippen LogP contribution in [0.25, 0.3) is 11.4 Å². The fourth-order valence-corrected chi connectivity index (χ4v) is 5.22. The summed E-state index contributed by atoms with van der Waals surface area (Å²) in [7, 11) is 0. The van der Waals surface area contributed by atoms with Crippen LogP contribution in [-0.4, -0.2) is 68.2 Å². The molecule has 2 aliphatic rings. The molecule has 1 amide bonds. The molecule has 2 N–H and O–H groups in total. The molecule has 3 heterocycles. The molecule has 2 aromatic heterocycles. The molecule has 208 valence electrons. The molecule has 0 bridgehead atoms. The van der Waals surface area contributed by atoms with Gasteiger partial charge in [0.05, 0.1) is 30.3 Å². The van der Waals surface area contributed by atoms with Crippen molar-refractivity contribution < 1.29 is 36.6 Å². The zero-order chi connectivity index (χ0) is 27.5. The first-order chi connectivity index (χ1) is 17.9. The fraction of sp³-hybridized carbons (Fsp3) is 0.600. The van der Waals surface area contributed by atoms with E-state index >= 15 is 0 Å². The summed E-state index contributed by atoms with van der Waals surface area (Å²) in [6.07, 6.45) is -0.523. The number of amides is 1. The van der Waals surface area contributed by atoms with Crippen molar-refractivity contribution in [2.45, 2.75) is 75.5 Å². The lowest BCUT2D eigenvalue weighted by molar-refractivity contribution is -0.138. The number of likely N-dealkylation sites (tertiary alicyclic amines) is 1. The minimum Gasteiger partial charge on any atom is -0.481 e. The highest BCUT2D eigenvalue weighted by atomic mass is 19.4. The smallest absolute Gasteiger partial charge is 0.418 e. The average molecular weight is 544 g/mol. The van der Waals surface area contributed by atoms with E-state index in [4.69, 9.17) is 0 Å². The third-order valence-corrected chi connectivity index (χ3v) is 7.02. The van der Waals surface area contributed by atoms with Gasteiger partial charge in [-0.15, -0.1) is 0 Å². The van der Waals surface area contributed by atoms with Crippen LogP contribution < -0.4 is 5.32 Å². The van der Waals surface area contributed by atoms with Crippen molar-refractivity contribution in [1.82, 2.24) is 25.0 Å². The van der Waals surface area contributed by atoms with Crippen LogP contribution in [-0.2, 0) is 11.0 Å². The van der Waals surface area contributed by atoms with E-state index in [9.17, 15) is 36.6 Å². The second kappa shape index (κ2) is 11.3. The number of hydrogen-bond acceptors (Lipinski definition) is 5. The third kappa shape index (κ3) is 6.86. The van der Waals surface area contributed by atoms with Crippen molar-refractivity contribution >= 4 is 11.9 Å². The summed E-state index contributed by atoms with van der Waals surface area (Å²) < 4.78 is 70.1. The van der Waals surface area contributed by atoms with Crippen LogP contribution in [0.4, 0.5) is 22.0 Å². The maximum absolute atomic E-state index is 13.7. The van der Waals surface area contributed by atoms with Crippen LogP contribution in [0.5, 0.6) is 0 Å². The highest BCUT2D eigenvalue weighted by molar-refractivity contribution is 5.94. The summed E-state index contributed by atoms with van der Waals surface area (Å²) in [4.78, 5) is 30.0. The van der Waals surface area contributed by atoms with E-state index in [2.05, 4.69) is 15.4 Å². The second-order valence-corrected chi connectivity index (χ2v) is 9.99. The summed E-state index contributed by atoms with van der Waals surface area (Å²) in [5, 5.41) is 16.2. The van der Waals surface area contributed by atoms with Crippen LogP contribution in [0.15, 0.2) is 24.4 Å². The van der Waals surface area contributed by atoms with Crippen molar-refractivity contribution in [1.29, 1.82) is 0 Å². The lowest BCUT2D eigenvalue weighted by atomic mass is 10.1. The fourth-order valence-electron chi connectivity index (χ4n) is 5.22. The summed E-state index contributed by atoms with van der Waals surface area (Å²) in [6.45, 7) is 0.185. The number of carboxylic acids is 1. The van der Waals surface area contributed by atoms with Crippen molar-refractivity contribution in [3.63, 3.8) is 0 Å². The van der Waals surface area contributed by atoms with Gasteiger partial charge in [0.1, 0.15) is 5.69 Å². The maximum atomic E-state index is 13.7. The van der Waals surface area contributed by atoms with Crippen LogP contribution in [0.3, 0.4) is 0 Å². The number of aromatic nitrogens is 3. The third-order valence-electron chi connectivity index (χ3n) is 7.02. The molecule has 0 radical (unpaired) electrons. The molecule has 13 heteroatoms. The monoisotopic (exact) mass is 543 g/mol. The molecule has 4 rings (SSSR count). The van der Waals surface area contributed by atoms with Gasteiger partial charge in [0.2, 0.25) is 0 Å². The predicted molar refractivity (Wildman–Crippen MR) is 127 cm³/mol. The number of hydrogen-bond donors (Lipinski definition) is 2. The van der Waals surface area contributed by atoms with E-state index in [1.807, 2.05) is 0 Å². The van der Waals surface area contributed by atoms with E-state index in [1.165, 1.54) is 27.9 Å². The van der Waals surface area contributed by atoms with Gasteiger partial charge in [0.15, 0.2) is 5.69 Å². The van der Waals surface area contributed by atoms with Gasteiger partial charge in [-0.3, -0.25) is 24.2 Å². The van der Waals surface area contributed by atoms with Crippen molar-refractivity contribution in [3.05, 3.63) is 35.7 Å². The Kier molecular flexibility index (Phi) is 8.34. The number of nitrogens with one attached hydrogen (secondary N) is 1. The number of halogens is 5. The summed E-state index contributed by atoms with van der Waals surface area (Å²) in [5.41, 5.74) is -1.40. The second-order valence-electron chi connectivity index (χ2n) is 9.99. The Hall–Kier alpha value is -3.09. The van der Waals surface area contributed by atoms with Gasteiger partial charge < -0.3 is 10.4 Å². The molecule has 38 heavy (non-hydrogen) atoms. The molecule has 0 unspecified atom stereocenters. The van der Waals surface area contributed by atoms with Crippen molar-refractivity contribution in [2.75, 3.05) is 19.6 Å². The minimum atomic E-state index is -4.67. The van der Waals surface area contributed by atoms with E-state index in [0.29, 0.717) is 25.8 Å². The zero-order valence-corrected chi connectivity index (χ0v) is 20.7. The Labute approximate surface area is 216 Å². The molecule has 2 aromatic rings. The number of carbonyl (C=O) groups is 2. The average Bonchev–Trinajstić information content (AvgIpc) is 3.51. The molecule has 1 aliphatic carbocycles. The van der Waals surface area contributed by atoms with E-state index in [1.54, 1.807) is 0 Å². The molecule has 2 fully saturated rings. The quantitative estimate of drug-likeness (QED) is 0.442. The van der Waals surface area contributed by atoms with Crippen LogP contribution in [0.2, 0.25) is 0 Å². The normalized spacial score (nSPS) is 19.4. The topological polar surface area (TPSA) is 100 Å². The van der Waals surface area contributed by atoms with Crippen LogP contribution in [0, 0.1) is 0 Å². The zero-order valence-electron chi connectivity index (χ0n) is 20.7. The SMILES string of the molecule is O=C(O)C[C@H](CCN1CCCC(F)(F)C1)NC(=O)c1cc(-c2ncccc2C(F)(F)F)n(C2CCCC2)n1. The first-order valence-electron chi connectivity index (χ1n) is 12.7. The Bertz CT molecular complexity index is 1150. The Morgan fingerprint density at radius 1 is 1.21 bits per heavy atom. The molecule has 0 spiro atoms. The number of carboxylic acid groups (broad SMARTS) is 1. The van der Waals surface area contributed by atoms with Crippen LogP contribution in [0.1, 0.15) is 73.5 Å². The number of piperidine rings is 1. The number of nitrogens with zero attached hydrogens (tertiary/aromatic N) is 4. The van der Waals surface area contributed by atoms with E-state index < -0.39 is 48.5 Å². The van der Waals surface area contributed by atoms with Crippen molar-refractivity contribution in [2.24, 2.45) is 0 Å². The maximum Gasteiger partial charge on any atom is 0.418 e. The van der Waals surface area contributed by atoms with Gasteiger partial charge in [-0.25, -0.2) is 8.78 Å². The number of alkyl halides is 5. The lowest BCUT2D eigenvalue weighted by Crippen LogP contribution is -2.45. The number of pyridine rings is 1. The minimum absolute atomic E-state index is 0.0558. The van der Waals surface area contributed by atoms with Crippen molar-refractivity contribution in [3.8, 4) is 11.4 Å². The van der Waals surface area contributed by atoms with Crippen LogP contribution >= 0.6 is 0 Å².